The van der Waals surface area contributed by atoms with Gasteiger partial charge in [0.1, 0.15) is 0 Å². The summed E-state index contributed by atoms with van der Waals surface area (Å²) in [6, 6.07) is 1.73. The molecule has 0 saturated carbocycles. The largest absolute Gasteiger partial charge is 0.394 e. The number of nitrogens with zero attached hydrogens (tertiary/aromatic N) is 2. The van der Waals surface area contributed by atoms with Crippen LogP contribution in [0.4, 0.5) is 0 Å². The molecular formula is C13H23N3O2. The minimum atomic E-state index is -0.132. The van der Waals surface area contributed by atoms with Gasteiger partial charge in [-0.1, -0.05) is 20.3 Å². The molecule has 0 saturated heterocycles. The summed E-state index contributed by atoms with van der Waals surface area (Å²) in [6.07, 6.45) is 5.77. The van der Waals surface area contributed by atoms with Gasteiger partial charge in [0, 0.05) is 25.4 Å². The molecular weight excluding hydrogens is 230 g/mol. The highest BCUT2D eigenvalue weighted by atomic mass is 16.3. The van der Waals surface area contributed by atoms with Gasteiger partial charge in [-0.2, -0.15) is 5.10 Å². The fourth-order valence-electron chi connectivity index (χ4n) is 1.77. The number of carbonyl (C=O) groups excluding carboxylic acids is 1. The fourth-order valence-corrected chi connectivity index (χ4v) is 1.77. The first-order valence-electron chi connectivity index (χ1n) is 6.55. The van der Waals surface area contributed by atoms with Gasteiger partial charge in [0.15, 0.2) is 0 Å². The molecule has 102 valence electrons. The first-order chi connectivity index (χ1) is 8.67. The molecule has 0 bridgehead atoms. The van der Waals surface area contributed by atoms with Crippen molar-refractivity contribution in [2.45, 2.75) is 45.7 Å². The summed E-state index contributed by atoms with van der Waals surface area (Å²) in [6.45, 7) is 4.83. The summed E-state index contributed by atoms with van der Waals surface area (Å²) in [5.74, 6) is 0.298. The summed E-state index contributed by atoms with van der Waals surface area (Å²) in [5, 5.41) is 16.2. The van der Waals surface area contributed by atoms with E-state index in [4.69, 9.17) is 0 Å². The number of hydrogen-bond acceptors (Lipinski definition) is 3. The molecule has 0 aliphatic heterocycles. The van der Waals surface area contributed by atoms with Crippen molar-refractivity contribution in [2.75, 3.05) is 6.61 Å². The van der Waals surface area contributed by atoms with Crippen LogP contribution in [0.3, 0.4) is 0 Å². The lowest BCUT2D eigenvalue weighted by molar-refractivity contribution is -0.122. The van der Waals surface area contributed by atoms with E-state index in [1.54, 1.807) is 6.20 Å². The molecule has 1 aromatic rings. The highest BCUT2D eigenvalue weighted by molar-refractivity contribution is 5.76. The second-order valence-electron chi connectivity index (χ2n) is 4.61. The van der Waals surface area contributed by atoms with Crippen molar-refractivity contribution in [1.29, 1.82) is 0 Å². The van der Waals surface area contributed by atoms with Crippen LogP contribution in [0.5, 0.6) is 0 Å². The second-order valence-corrected chi connectivity index (χ2v) is 4.61. The van der Waals surface area contributed by atoms with Crippen LogP contribution in [0, 0.1) is 5.92 Å². The lowest BCUT2D eigenvalue weighted by Crippen LogP contribution is -2.41. The molecule has 0 spiro atoms. The van der Waals surface area contributed by atoms with E-state index in [0.717, 1.165) is 19.4 Å². The van der Waals surface area contributed by atoms with Crippen LogP contribution >= 0.6 is 0 Å². The number of aromatic nitrogens is 2. The molecule has 5 heteroatoms. The Bertz CT molecular complexity index is 338. The van der Waals surface area contributed by atoms with Crippen molar-refractivity contribution in [2.24, 2.45) is 5.92 Å². The highest BCUT2D eigenvalue weighted by Gasteiger charge is 2.16. The Morgan fingerprint density at radius 1 is 1.56 bits per heavy atom. The molecule has 0 aliphatic carbocycles. The van der Waals surface area contributed by atoms with E-state index in [0.29, 0.717) is 12.3 Å². The van der Waals surface area contributed by atoms with Crippen molar-refractivity contribution in [3.63, 3.8) is 0 Å². The number of aliphatic hydroxyl groups excluding tert-OH is 1. The lowest BCUT2D eigenvalue weighted by Gasteiger charge is -2.22. The number of aryl methyl sites for hydroxylation is 1. The maximum Gasteiger partial charge on any atom is 0.220 e. The Balaban J connectivity index is 2.23. The van der Waals surface area contributed by atoms with Gasteiger partial charge in [-0.3, -0.25) is 9.48 Å². The third kappa shape index (κ3) is 4.87. The number of hydrogen-bond donors (Lipinski definition) is 2. The molecule has 2 N–H and O–H groups in total. The van der Waals surface area contributed by atoms with Gasteiger partial charge >= 0.3 is 0 Å². The van der Waals surface area contributed by atoms with Crippen LogP contribution in [0.2, 0.25) is 0 Å². The Morgan fingerprint density at radius 2 is 2.33 bits per heavy atom. The predicted octanol–water partition coefficient (Wildman–Crippen LogP) is 1.19. The van der Waals surface area contributed by atoms with Gasteiger partial charge in [0.05, 0.1) is 12.6 Å². The summed E-state index contributed by atoms with van der Waals surface area (Å²) in [4.78, 5) is 11.7. The first-order valence-corrected chi connectivity index (χ1v) is 6.55. The molecule has 1 rings (SSSR count). The first kappa shape index (κ1) is 14.7. The van der Waals surface area contributed by atoms with Crippen molar-refractivity contribution in [1.82, 2.24) is 15.1 Å². The fraction of sp³-hybridized carbons (Fsp3) is 0.692. The van der Waals surface area contributed by atoms with Crippen LogP contribution in [-0.2, 0) is 11.3 Å². The van der Waals surface area contributed by atoms with E-state index in [2.05, 4.69) is 17.3 Å². The van der Waals surface area contributed by atoms with Crippen LogP contribution < -0.4 is 5.32 Å². The predicted molar refractivity (Wildman–Crippen MR) is 69.9 cm³/mol. The quantitative estimate of drug-likeness (QED) is 0.731. The zero-order valence-corrected chi connectivity index (χ0v) is 11.2. The van der Waals surface area contributed by atoms with E-state index in [9.17, 15) is 9.90 Å². The second kappa shape index (κ2) is 7.87. The zero-order chi connectivity index (χ0) is 13.4. The summed E-state index contributed by atoms with van der Waals surface area (Å²) in [7, 11) is 0. The SMILES string of the molecule is CC[C@@H](C)[C@H](CO)NC(=O)CCCn1cccn1. The van der Waals surface area contributed by atoms with Gasteiger partial charge in [0.25, 0.3) is 0 Å². The van der Waals surface area contributed by atoms with E-state index in [1.165, 1.54) is 0 Å². The molecule has 0 aliphatic rings. The van der Waals surface area contributed by atoms with E-state index >= 15 is 0 Å². The molecule has 18 heavy (non-hydrogen) atoms. The van der Waals surface area contributed by atoms with E-state index in [1.807, 2.05) is 23.9 Å². The summed E-state index contributed by atoms with van der Waals surface area (Å²) in [5.41, 5.74) is 0. The molecule has 2 atom stereocenters. The topological polar surface area (TPSA) is 67.2 Å². The minimum Gasteiger partial charge on any atom is -0.394 e. The van der Waals surface area contributed by atoms with Gasteiger partial charge in [-0.15, -0.1) is 0 Å². The van der Waals surface area contributed by atoms with Gasteiger partial charge < -0.3 is 10.4 Å². The average molecular weight is 253 g/mol. The minimum absolute atomic E-state index is 0.0000965. The molecule has 0 fully saturated rings. The smallest absolute Gasteiger partial charge is 0.220 e. The molecule has 1 aromatic heterocycles. The van der Waals surface area contributed by atoms with Gasteiger partial charge in [-0.05, 0) is 18.4 Å². The van der Waals surface area contributed by atoms with Gasteiger partial charge in [0.2, 0.25) is 5.91 Å². The van der Waals surface area contributed by atoms with Crippen LogP contribution in [0.25, 0.3) is 0 Å². The third-order valence-electron chi connectivity index (χ3n) is 3.22. The van der Waals surface area contributed by atoms with Crippen molar-refractivity contribution in [3.8, 4) is 0 Å². The Morgan fingerprint density at radius 3 is 2.89 bits per heavy atom. The Hall–Kier alpha value is -1.36. The Kier molecular flexibility index (Phi) is 6.43. The lowest BCUT2D eigenvalue weighted by atomic mass is 10.00. The van der Waals surface area contributed by atoms with Crippen LogP contribution in [0.15, 0.2) is 18.5 Å². The molecule has 1 amide bonds. The standard InChI is InChI=1S/C13H23N3O2/c1-3-11(2)12(10-17)15-13(18)6-4-8-16-9-5-7-14-16/h5,7,9,11-12,17H,3-4,6,8,10H2,1-2H3,(H,15,18)/t11-,12+/m1/s1. The number of amides is 1. The maximum absolute atomic E-state index is 11.7. The monoisotopic (exact) mass is 253 g/mol. The van der Waals surface area contributed by atoms with Crippen molar-refractivity contribution in [3.05, 3.63) is 18.5 Å². The van der Waals surface area contributed by atoms with Gasteiger partial charge in [-0.25, -0.2) is 0 Å². The third-order valence-corrected chi connectivity index (χ3v) is 3.22. The number of aliphatic hydroxyl groups is 1. The molecule has 1 heterocycles. The van der Waals surface area contributed by atoms with E-state index in [-0.39, 0.29) is 18.6 Å². The highest BCUT2D eigenvalue weighted by Crippen LogP contribution is 2.07. The van der Waals surface area contributed by atoms with Crippen LogP contribution in [-0.4, -0.2) is 33.4 Å². The molecule has 0 aromatic carbocycles. The molecule has 5 nitrogen and oxygen atoms in total. The van der Waals surface area contributed by atoms with Crippen molar-refractivity contribution < 1.29 is 9.90 Å². The molecule has 0 unspecified atom stereocenters. The molecule has 0 radical (unpaired) electrons. The average Bonchev–Trinajstić information content (AvgIpc) is 2.88. The maximum atomic E-state index is 11.7. The number of carbonyl (C=O) groups is 1. The summed E-state index contributed by atoms with van der Waals surface area (Å²) < 4.78 is 1.81. The van der Waals surface area contributed by atoms with Crippen molar-refractivity contribution >= 4 is 5.91 Å². The Labute approximate surface area is 108 Å². The van der Waals surface area contributed by atoms with E-state index < -0.39 is 0 Å². The zero-order valence-electron chi connectivity index (χ0n) is 11.2. The number of nitrogens with one attached hydrogen (secondary N) is 1. The van der Waals surface area contributed by atoms with Crippen LogP contribution in [0.1, 0.15) is 33.1 Å². The number of rotatable bonds is 8. The summed E-state index contributed by atoms with van der Waals surface area (Å²) >= 11 is 0. The normalized spacial score (nSPS) is 14.2.